The summed E-state index contributed by atoms with van der Waals surface area (Å²) in [6.45, 7) is 3.84. The van der Waals surface area contributed by atoms with Crippen molar-refractivity contribution in [1.29, 1.82) is 0 Å². The van der Waals surface area contributed by atoms with E-state index in [9.17, 15) is 9.90 Å². The van der Waals surface area contributed by atoms with Gasteiger partial charge in [0.2, 0.25) is 0 Å². The molecule has 118 valence electrons. The molecule has 1 aromatic carbocycles. The van der Waals surface area contributed by atoms with E-state index >= 15 is 0 Å². The molecule has 21 heavy (non-hydrogen) atoms. The van der Waals surface area contributed by atoms with Crippen LogP contribution in [0, 0.1) is 6.92 Å². The minimum atomic E-state index is -1.00. The zero-order valence-electron chi connectivity index (χ0n) is 12.4. The van der Waals surface area contributed by atoms with Gasteiger partial charge in [-0.2, -0.15) is 0 Å². The van der Waals surface area contributed by atoms with Gasteiger partial charge in [-0.25, -0.2) is 4.79 Å². The highest BCUT2D eigenvalue weighted by Crippen LogP contribution is 2.25. The summed E-state index contributed by atoms with van der Waals surface area (Å²) in [4.78, 5) is 11.9. The van der Waals surface area contributed by atoms with Crippen LogP contribution in [0.25, 0.3) is 0 Å². The van der Waals surface area contributed by atoms with E-state index < -0.39 is 11.6 Å². The number of carbonyl (C=O) groups excluding carboxylic acids is 1. The molecule has 5 nitrogen and oxygen atoms in total. The topological polar surface area (TPSA) is 81.6 Å². The van der Waals surface area contributed by atoms with Crippen LogP contribution >= 0.6 is 11.6 Å². The number of anilines is 1. The van der Waals surface area contributed by atoms with Crippen LogP contribution < -0.4 is 10.6 Å². The maximum Gasteiger partial charge on any atom is 0.319 e. The average molecular weight is 315 g/mol. The van der Waals surface area contributed by atoms with Gasteiger partial charge in [0.15, 0.2) is 0 Å². The second-order valence-electron chi connectivity index (χ2n) is 5.14. The largest absolute Gasteiger partial charge is 0.396 e. The molecular weight excluding hydrogens is 292 g/mol. The van der Waals surface area contributed by atoms with E-state index in [0.29, 0.717) is 30.0 Å². The molecule has 0 unspecified atom stereocenters. The number of aryl methyl sites for hydroxylation is 1. The number of urea groups is 1. The lowest BCUT2D eigenvalue weighted by Crippen LogP contribution is -2.44. The monoisotopic (exact) mass is 314 g/mol. The molecule has 1 aromatic rings. The van der Waals surface area contributed by atoms with Gasteiger partial charge < -0.3 is 20.8 Å². The Labute approximate surface area is 130 Å². The summed E-state index contributed by atoms with van der Waals surface area (Å²) in [5.41, 5.74) is 0.422. The zero-order chi connectivity index (χ0) is 15.9. The molecule has 0 aliphatic carbocycles. The van der Waals surface area contributed by atoms with Crippen LogP contribution in [0.3, 0.4) is 0 Å². The Bertz CT molecular complexity index is 462. The van der Waals surface area contributed by atoms with Crippen LogP contribution in [0.4, 0.5) is 10.5 Å². The van der Waals surface area contributed by atoms with Crippen LogP contribution in [0.15, 0.2) is 18.2 Å². The van der Waals surface area contributed by atoms with Gasteiger partial charge in [0.25, 0.3) is 0 Å². The first-order valence-electron chi connectivity index (χ1n) is 7.05. The van der Waals surface area contributed by atoms with E-state index in [2.05, 4.69) is 10.6 Å². The zero-order valence-corrected chi connectivity index (χ0v) is 13.2. The number of benzene rings is 1. The normalized spacial score (nSPS) is 13.6. The number of aliphatic hydroxyl groups excluding tert-OH is 1. The van der Waals surface area contributed by atoms with Gasteiger partial charge in [0.05, 0.1) is 16.3 Å². The summed E-state index contributed by atoms with van der Waals surface area (Å²) in [5.74, 6) is 0. The number of aliphatic hydroxyl groups is 2. The van der Waals surface area contributed by atoms with Crippen LogP contribution in [-0.2, 0) is 0 Å². The molecule has 1 atom stereocenters. The van der Waals surface area contributed by atoms with E-state index in [0.717, 1.165) is 5.56 Å². The van der Waals surface area contributed by atoms with Crippen molar-refractivity contribution < 1.29 is 15.0 Å². The molecule has 0 aliphatic rings. The van der Waals surface area contributed by atoms with Crippen molar-refractivity contribution in [2.75, 3.05) is 18.5 Å². The predicted octanol–water partition coefficient (Wildman–Crippen LogP) is 2.68. The first kappa shape index (κ1) is 17.8. The number of rotatable bonds is 7. The highest BCUT2D eigenvalue weighted by Gasteiger charge is 2.24. The van der Waals surface area contributed by atoms with Gasteiger partial charge in [-0.05, 0) is 37.8 Å². The molecule has 6 heteroatoms. The molecule has 0 aliphatic heterocycles. The highest BCUT2D eigenvalue weighted by atomic mass is 35.5. The molecule has 0 bridgehead atoms. The fourth-order valence-corrected chi connectivity index (χ4v) is 2.26. The Balaban J connectivity index is 2.57. The Kier molecular flexibility index (Phi) is 6.95. The van der Waals surface area contributed by atoms with Crippen molar-refractivity contribution >= 4 is 23.3 Å². The van der Waals surface area contributed by atoms with Gasteiger partial charge in [-0.3, -0.25) is 0 Å². The van der Waals surface area contributed by atoms with Crippen LogP contribution in [-0.4, -0.2) is 35.0 Å². The second-order valence-corrected chi connectivity index (χ2v) is 5.55. The van der Waals surface area contributed by atoms with Crippen molar-refractivity contribution in [1.82, 2.24) is 5.32 Å². The molecule has 0 radical (unpaired) electrons. The third kappa shape index (κ3) is 5.53. The molecule has 0 aromatic heterocycles. The number of halogens is 1. The van der Waals surface area contributed by atoms with Gasteiger partial charge in [-0.15, -0.1) is 0 Å². The van der Waals surface area contributed by atoms with Crippen molar-refractivity contribution in [3.05, 3.63) is 28.8 Å². The summed E-state index contributed by atoms with van der Waals surface area (Å²) >= 11 is 6.04. The van der Waals surface area contributed by atoms with Gasteiger partial charge in [-0.1, -0.05) is 30.7 Å². The van der Waals surface area contributed by atoms with Crippen LogP contribution in [0.1, 0.15) is 31.7 Å². The summed E-state index contributed by atoms with van der Waals surface area (Å²) in [6, 6.07) is 4.95. The van der Waals surface area contributed by atoms with Gasteiger partial charge >= 0.3 is 6.03 Å². The van der Waals surface area contributed by atoms with E-state index in [1.807, 2.05) is 26.0 Å². The fraction of sp³-hybridized carbons (Fsp3) is 0.533. The maximum atomic E-state index is 11.9. The van der Waals surface area contributed by atoms with Crippen LogP contribution in [0.2, 0.25) is 5.02 Å². The molecule has 4 N–H and O–H groups in total. The Morgan fingerprint density at radius 3 is 2.71 bits per heavy atom. The van der Waals surface area contributed by atoms with E-state index in [-0.39, 0.29) is 13.2 Å². The van der Waals surface area contributed by atoms with E-state index in [1.54, 1.807) is 6.07 Å². The highest BCUT2D eigenvalue weighted by molar-refractivity contribution is 6.33. The lowest BCUT2D eigenvalue weighted by Gasteiger charge is -2.27. The van der Waals surface area contributed by atoms with Crippen molar-refractivity contribution in [3.8, 4) is 0 Å². The van der Waals surface area contributed by atoms with E-state index in [1.165, 1.54) is 0 Å². The number of amides is 2. The summed E-state index contributed by atoms with van der Waals surface area (Å²) in [7, 11) is 0. The number of hydrogen-bond donors (Lipinski definition) is 4. The molecule has 0 spiro atoms. The molecule has 0 fully saturated rings. The second kappa shape index (κ2) is 8.22. The summed E-state index contributed by atoms with van der Waals surface area (Å²) in [6.07, 6.45) is 1.43. The Morgan fingerprint density at radius 2 is 2.14 bits per heavy atom. The van der Waals surface area contributed by atoms with Gasteiger partial charge in [0, 0.05) is 13.2 Å². The summed E-state index contributed by atoms with van der Waals surface area (Å²) < 4.78 is 0. The number of nitrogens with one attached hydrogen (secondary N) is 2. The SMILES string of the molecule is CC[C@](O)(CCCO)CNC(=O)Nc1c(C)cccc1Cl. The molecule has 0 saturated carbocycles. The minimum absolute atomic E-state index is 0.0212. The number of para-hydroxylation sites is 1. The van der Waals surface area contributed by atoms with Crippen molar-refractivity contribution in [3.63, 3.8) is 0 Å². The maximum absolute atomic E-state index is 11.9. The minimum Gasteiger partial charge on any atom is -0.396 e. The molecule has 1 rings (SSSR count). The number of carbonyl (C=O) groups is 1. The first-order valence-corrected chi connectivity index (χ1v) is 7.43. The first-order chi connectivity index (χ1) is 9.91. The number of hydrogen-bond acceptors (Lipinski definition) is 3. The predicted molar refractivity (Wildman–Crippen MR) is 84.8 cm³/mol. The Hall–Kier alpha value is -1.30. The van der Waals surface area contributed by atoms with Crippen LogP contribution in [0.5, 0.6) is 0 Å². The average Bonchev–Trinajstić information content (AvgIpc) is 2.47. The third-order valence-electron chi connectivity index (χ3n) is 3.50. The molecule has 0 saturated heterocycles. The van der Waals surface area contributed by atoms with Gasteiger partial charge in [0.1, 0.15) is 0 Å². The quantitative estimate of drug-likeness (QED) is 0.624. The lowest BCUT2D eigenvalue weighted by atomic mass is 9.95. The third-order valence-corrected chi connectivity index (χ3v) is 3.81. The van der Waals surface area contributed by atoms with Crippen molar-refractivity contribution in [2.45, 2.75) is 38.7 Å². The Morgan fingerprint density at radius 1 is 1.43 bits per heavy atom. The lowest BCUT2D eigenvalue weighted by molar-refractivity contribution is 0.0243. The molecular formula is C15H23ClN2O3. The molecule has 0 heterocycles. The van der Waals surface area contributed by atoms with E-state index in [4.69, 9.17) is 16.7 Å². The van der Waals surface area contributed by atoms with Crippen molar-refractivity contribution in [2.24, 2.45) is 0 Å². The smallest absolute Gasteiger partial charge is 0.319 e. The molecule has 2 amide bonds. The summed E-state index contributed by atoms with van der Waals surface area (Å²) in [5, 5.41) is 24.9. The fourth-order valence-electron chi connectivity index (χ4n) is 1.99. The standard InChI is InChI=1S/C15H23ClN2O3/c1-3-15(21,8-5-9-19)10-17-14(20)18-13-11(2)6-4-7-12(13)16/h4,6-7,19,21H,3,5,8-10H2,1-2H3,(H2,17,18,20)/t15-/m0/s1.